The molecular formula is C14H11BrCl2O. The molecule has 0 aliphatic carbocycles. The van der Waals surface area contributed by atoms with Crippen molar-refractivity contribution in [2.24, 2.45) is 0 Å². The van der Waals surface area contributed by atoms with Gasteiger partial charge in [0.05, 0.1) is 9.50 Å². The monoisotopic (exact) mass is 344 g/mol. The van der Waals surface area contributed by atoms with Gasteiger partial charge in [0.25, 0.3) is 0 Å². The Morgan fingerprint density at radius 3 is 2.44 bits per heavy atom. The number of aryl methyl sites for hydroxylation is 1. The second kappa shape index (κ2) is 5.96. The minimum atomic E-state index is 0.476. The first-order valence-corrected chi connectivity index (χ1v) is 7.09. The molecule has 0 saturated carbocycles. The van der Waals surface area contributed by atoms with Crippen LogP contribution in [0.2, 0.25) is 5.02 Å². The van der Waals surface area contributed by atoms with Gasteiger partial charge in [-0.25, -0.2) is 0 Å². The van der Waals surface area contributed by atoms with E-state index in [1.807, 2.05) is 43.3 Å². The predicted molar refractivity (Wildman–Crippen MR) is 80.0 cm³/mol. The van der Waals surface area contributed by atoms with E-state index in [4.69, 9.17) is 27.9 Å². The van der Waals surface area contributed by atoms with Crippen LogP contribution in [0.25, 0.3) is 0 Å². The molecule has 18 heavy (non-hydrogen) atoms. The summed E-state index contributed by atoms with van der Waals surface area (Å²) in [5.41, 5.74) is 2.13. The van der Waals surface area contributed by atoms with Crippen LogP contribution in [0.15, 0.2) is 40.9 Å². The summed E-state index contributed by atoms with van der Waals surface area (Å²) in [5, 5.41) is 0.600. The second-order valence-corrected chi connectivity index (χ2v) is 5.46. The van der Waals surface area contributed by atoms with Gasteiger partial charge in [-0.3, -0.25) is 0 Å². The molecule has 0 amide bonds. The molecule has 4 heteroatoms. The van der Waals surface area contributed by atoms with E-state index in [1.165, 1.54) is 0 Å². The fraction of sp³-hybridized carbons (Fsp3) is 0.143. The van der Waals surface area contributed by atoms with E-state index in [1.54, 1.807) is 0 Å². The molecule has 0 saturated heterocycles. The van der Waals surface area contributed by atoms with E-state index in [9.17, 15) is 0 Å². The molecular weight excluding hydrogens is 335 g/mol. The van der Waals surface area contributed by atoms with Gasteiger partial charge in [-0.15, -0.1) is 11.6 Å². The normalized spacial score (nSPS) is 10.4. The van der Waals surface area contributed by atoms with E-state index in [0.717, 1.165) is 21.3 Å². The average molecular weight is 346 g/mol. The summed E-state index contributed by atoms with van der Waals surface area (Å²) in [7, 11) is 0. The Kier molecular flexibility index (Phi) is 4.55. The zero-order chi connectivity index (χ0) is 13.1. The number of hydrogen-bond donors (Lipinski definition) is 0. The smallest absolute Gasteiger partial charge is 0.146 e. The van der Waals surface area contributed by atoms with Gasteiger partial charge in [-0.1, -0.05) is 23.7 Å². The first-order chi connectivity index (χ1) is 8.60. The van der Waals surface area contributed by atoms with Crippen LogP contribution in [0.1, 0.15) is 11.1 Å². The molecule has 0 aliphatic rings. The highest BCUT2D eigenvalue weighted by Gasteiger charge is 2.07. The van der Waals surface area contributed by atoms with Crippen molar-refractivity contribution in [1.29, 1.82) is 0 Å². The van der Waals surface area contributed by atoms with E-state index < -0.39 is 0 Å². The Bertz CT molecular complexity index is 570. The lowest BCUT2D eigenvalue weighted by Gasteiger charge is -2.10. The van der Waals surface area contributed by atoms with Gasteiger partial charge < -0.3 is 4.74 Å². The largest absolute Gasteiger partial charge is 0.455 e. The van der Waals surface area contributed by atoms with Crippen molar-refractivity contribution in [2.45, 2.75) is 12.8 Å². The Morgan fingerprint density at radius 1 is 1.11 bits per heavy atom. The highest BCUT2D eigenvalue weighted by molar-refractivity contribution is 9.10. The lowest BCUT2D eigenvalue weighted by atomic mass is 10.2. The number of alkyl halides is 1. The highest BCUT2D eigenvalue weighted by atomic mass is 79.9. The van der Waals surface area contributed by atoms with Gasteiger partial charge in [0.15, 0.2) is 0 Å². The third-order valence-corrected chi connectivity index (χ3v) is 3.68. The average Bonchev–Trinajstić information content (AvgIpc) is 2.34. The highest BCUT2D eigenvalue weighted by Crippen LogP contribution is 2.34. The summed E-state index contributed by atoms with van der Waals surface area (Å²) in [6.07, 6.45) is 0. The van der Waals surface area contributed by atoms with Crippen molar-refractivity contribution in [3.8, 4) is 11.5 Å². The fourth-order valence-electron chi connectivity index (χ4n) is 1.52. The minimum Gasteiger partial charge on any atom is -0.455 e. The molecule has 0 heterocycles. The molecule has 0 radical (unpaired) electrons. The zero-order valence-corrected chi connectivity index (χ0v) is 12.8. The quantitative estimate of drug-likeness (QED) is 0.625. The first-order valence-electron chi connectivity index (χ1n) is 5.38. The number of benzene rings is 2. The fourth-order valence-corrected chi connectivity index (χ4v) is 2.46. The number of halogens is 3. The van der Waals surface area contributed by atoms with Crippen LogP contribution in [0.3, 0.4) is 0 Å². The summed E-state index contributed by atoms with van der Waals surface area (Å²) in [6, 6.07) is 11.4. The predicted octanol–water partition coefficient (Wildman–Crippen LogP) is 5.94. The molecule has 0 atom stereocenters. The van der Waals surface area contributed by atoms with Gasteiger partial charge in [0.1, 0.15) is 11.5 Å². The van der Waals surface area contributed by atoms with E-state index in [0.29, 0.717) is 16.7 Å². The second-order valence-electron chi connectivity index (χ2n) is 3.93. The SMILES string of the molecule is Cc1ccc(Oc2ccc(CCl)cc2Br)c(Cl)c1. The van der Waals surface area contributed by atoms with Crippen molar-refractivity contribution in [3.63, 3.8) is 0 Å². The molecule has 0 unspecified atom stereocenters. The summed E-state index contributed by atoms with van der Waals surface area (Å²) < 4.78 is 6.63. The molecule has 2 rings (SSSR count). The standard InChI is InChI=1S/C14H11BrCl2O/c1-9-2-4-14(12(17)6-9)18-13-5-3-10(8-16)7-11(13)15/h2-7H,8H2,1H3. The van der Waals surface area contributed by atoms with Crippen LogP contribution in [-0.2, 0) is 5.88 Å². The summed E-state index contributed by atoms with van der Waals surface area (Å²) in [6.45, 7) is 1.99. The molecule has 94 valence electrons. The summed E-state index contributed by atoms with van der Waals surface area (Å²) in [4.78, 5) is 0. The number of hydrogen-bond acceptors (Lipinski definition) is 1. The van der Waals surface area contributed by atoms with Crippen molar-refractivity contribution >= 4 is 39.1 Å². The van der Waals surface area contributed by atoms with Crippen LogP contribution < -0.4 is 4.74 Å². The molecule has 0 N–H and O–H groups in total. The maximum Gasteiger partial charge on any atom is 0.146 e. The number of ether oxygens (including phenoxy) is 1. The van der Waals surface area contributed by atoms with Gasteiger partial charge in [0, 0.05) is 5.88 Å². The lowest BCUT2D eigenvalue weighted by molar-refractivity contribution is 0.479. The summed E-state index contributed by atoms with van der Waals surface area (Å²) >= 11 is 15.4. The lowest BCUT2D eigenvalue weighted by Crippen LogP contribution is -1.88. The van der Waals surface area contributed by atoms with Crippen LogP contribution in [0.5, 0.6) is 11.5 Å². The molecule has 0 fully saturated rings. The van der Waals surface area contributed by atoms with Gasteiger partial charge in [-0.05, 0) is 58.2 Å². The third kappa shape index (κ3) is 3.19. The first kappa shape index (κ1) is 13.7. The van der Waals surface area contributed by atoms with Crippen LogP contribution in [0, 0.1) is 6.92 Å². The Hall–Kier alpha value is -0.700. The van der Waals surface area contributed by atoms with Crippen LogP contribution >= 0.6 is 39.1 Å². The molecule has 0 aliphatic heterocycles. The minimum absolute atomic E-state index is 0.476. The van der Waals surface area contributed by atoms with Crippen molar-refractivity contribution in [1.82, 2.24) is 0 Å². The van der Waals surface area contributed by atoms with E-state index in [-0.39, 0.29) is 0 Å². The third-order valence-electron chi connectivity index (χ3n) is 2.46. The maximum absolute atomic E-state index is 6.13. The molecule has 2 aromatic rings. The van der Waals surface area contributed by atoms with Crippen LogP contribution in [-0.4, -0.2) is 0 Å². The Morgan fingerprint density at radius 2 is 1.83 bits per heavy atom. The van der Waals surface area contributed by atoms with E-state index >= 15 is 0 Å². The van der Waals surface area contributed by atoms with Gasteiger partial charge in [-0.2, -0.15) is 0 Å². The summed E-state index contributed by atoms with van der Waals surface area (Å²) in [5.74, 6) is 1.83. The van der Waals surface area contributed by atoms with Crippen molar-refractivity contribution in [3.05, 3.63) is 57.0 Å². The molecule has 0 spiro atoms. The van der Waals surface area contributed by atoms with E-state index in [2.05, 4.69) is 15.9 Å². The maximum atomic E-state index is 6.13. The molecule has 1 nitrogen and oxygen atoms in total. The van der Waals surface area contributed by atoms with Crippen LogP contribution in [0.4, 0.5) is 0 Å². The van der Waals surface area contributed by atoms with Gasteiger partial charge in [0.2, 0.25) is 0 Å². The zero-order valence-electron chi connectivity index (χ0n) is 9.71. The van der Waals surface area contributed by atoms with Crippen molar-refractivity contribution < 1.29 is 4.74 Å². The topological polar surface area (TPSA) is 9.23 Å². The molecule has 2 aromatic carbocycles. The van der Waals surface area contributed by atoms with Gasteiger partial charge >= 0.3 is 0 Å². The Labute approximate surface area is 125 Å². The molecule has 0 bridgehead atoms. The number of rotatable bonds is 3. The van der Waals surface area contributed by atoms with Crippen molar-refractivity contribution in [2.75, 3.05) is 0 Å². The Balaban J connectivity index is 2.28. The molecule has 0 aromatic heterocycles.